The highest BCUT2D eigenvalue weighted by Gasteiger charge is 2.19. The second-order valence-electron chi connectivity index (χ2n) is 5.76. The molecule has 0 unspecified atom stereocenters. The molecule has 0 aromatic heterocycles. The number of rotatable bonds is 5. The van der Waals surface area contributed by atoms with Crippen molar-refractivity contribution < 1.29 is 14.1 Å². The Labute approximate surface area is 155 Å². The summed E-state index contributed by atoms with van der Waals surface area (Å²) in [6.07, 6.45) is 0. The summed E-state index contributed by atoms with van der Waals surface area (Å²) in [5.74, 6) is -0.748. The van der Waals surface area contributed by atoms with Crippen molar-refractivity contribution in [2.24, 2.45) is 0 Å². The summed E-state index contributed by atoms with van der Waals surface area (Å²) in [5, 5.41) is 13.3. The highest BCUT2D eigenvalue weighted by molar-refractivity contribution is 6.01. The van der Waals surface area contributed by atoms with Crippen LogP contribution in [0.5, 0.6) is 0 Å². The van der Waals surface area contributed by atoms with E-state index in [9.17, 15) is 19.3 Å². The average molecular weight is 365 g/mol. The molecule has 3 aromatic rings. The topological polar surface area (TPSA) is 75.5 Å². The van der Waals surface area contributed by atoms with Gasteiger partial charge in [0.25, 0.3) is 5.69 Å². The number of benzene rings is 3. The monoisotopic (exact) mass is 365 g/mol. The van der Waals surface area contributed by atoms with Crippen LogP contribution >= 0.6 is 0 Å². The molecule has 0 saturated heterocycles. The summed E-state index contributed by atoms with van der Waals surface area (Å²) in [7, 11) is 0. The van der Waals surface area contributed by atoms with Crippen LogP contribution in [0.1, 0.15) is 5.56 Å². The van der Waals surface area contributed by atoms with Crippen LogP contribution in [0.4, 0.5) is 26.2 Å². The van der Waals surface area contributed by atoms with Crippen LogP contribution in [-0.4, -0.2) is 11.0 Å². The maximum atomic E-state index is 14.0. The first-order valence-corrected chi connectivity index (χ1v) is 8.16. The van der Waals surface area contributed by atoms with Crippen molar-refractivity contribution in [1.29, 1.82) is 0 Å². The lowest BCUT2D eigenvalue weighted by Gasteiger charge is -2.23. The van der Waals surface area contributed by atoms with Crippen LogP contribution in [0.2, 0.25) is 0 Å². The minimum atomic E-state index is -0.748. The number of anilines is 2. The number of nitrogens with zero attached hydrogens (tertiary/aromatic N) is 2. The van der Waals surface area contributed by atoms with E-state index in [0.29, 0.717) is 5.69 Å². The zero-order valence-corrected chi connectivity index (χ0v) is 14.2. The van der Waals surface area contributed by atoms with Crippen molar-refractivity contribution in [1.82, 2.24) is 0 Å². The van der Waals surface area contributed by atoms with E-state index in [1.807, 2.05) is 36.4 Å². The van der Waals surface area contributed by atoms with Gasteiger partial charge in [-0.25, -0.2) is 9.18 Å². The summed E-state index contributed by atoms with van der Waals surface area (Å²) in [4.78, 5) is 24.5. The second-order valence-corrected chi connectivity index (χ2v) is 5.76. The maximum absolute atomic E-state index is 14.0. The van der Waals surface area contributed by atoms with E-state index in [4.69, 9.17) is 0 Å². The quantitative estimate of drug-likeness (QED) is 0.512. The Bertz CT molecular complexity index is 949. The van der Waals surface area contributed by atoms with E-state index >= 15 is 0 Å². The van der Waals surface area contributed by atoms with Crippen molar-refractivity contribution in [3.8, 4) is 0 Å². The van der Waals surface area contributed by atoms with Gasteiger partial charge in [0.2, 0.25) is 0 Å². The molecule has 0 atom stereocenters. The molecule has 27 heavy (non-hydrogen) atoms. The third-order valence-corrected chi connectivity index (χ3v) is 3.90. The zero-order valence-electron chi connectivity index (χ0n) is 14.2. The second kappa shape index (κ2) is 8.09. The lowest BCUT2D eigenvalue weighted by atomic mass is 10.2. The number of nitro benzene ring substituents is 1. The molecule has 0 heterocycles. The lowest BCUT2D eigenvalue weighted by Crippen LogP contribution is -2.34. The number of nitrogens with one attached hydrogen (secondary N) is 1. The molecular formula is C20H16FN3O3. The average Bonchev–Trinajstić information content (AvgIpc) is 2.69. The molecule has 0 fully saturated rings. The minimum absolute atomic E-state index is 0.247. The molecule has 0 aliphatic rings. The Morgan fingerprint density at radius 3 is 2.26 bits per heavy atom. The molecule has 0 radical (unpaired) electrons. The fourth-order valence-electron chi connectivity index (χ4n) is 2.56. The molecule has 2 amide bonds. The van der Waals surface area contributed by atoms with Crippen molar-refractivity contribution in [3.63, 3.8) is 0 Å². The van der Waals surface area contributed by atoms with Crippen molar-refractivity contribution in [2.75, 3.05) is 10.2 Å². The first-order chi connectivity index (χ1) is 13.0. The van der Waals surface area contributed by atoms with Crippen molar-refractivity contribution in [3.05, 3.63) is 100 Å². The molecule has 7 heteroatoms. The van der Waals surface area contributed by atoms with Gasteiger partial charge >= 0.3 is 6.03 Å². The van der Waals surface area contributed by atoms with Crippen LogP contribution < -0.4 is 10.2 Å². The summed E-state index contributed by atoms with van der Waals surface area (Å²) < 4.78 is 14.0. The third kappa shape index (κ3) is 4.46. The Kier molecular flexibility index (Phi) is 5.41. The Morgan fingerprint density at radius 1 is 1.00 bits per heavy atom. The number of non-ortho nitro benzene ring substituents is 1. The summed E-state index contributed by atoms with van der Waals surface area (Å²) in [6, 6.07) is 20.6. The summed E-state index contributed by atoms with van der Waals surface area (Å²) in [5.41, 5.74) is 0.949. The lowest BCUT2D eigenvalue weighted by molar-refractivity contribution is -0.384. The third-order valence-electron chi connectivity index (χ3n) is 3.90. The number of nitro groups is 1. The Hall–Kier alpha value is -3.74. The van der Waals surface area contributed by atoms with Crippen LogP contribution in [0.15, 0.2) is 78.9 Å². The van der Waals surface area contributed by atoms with Crippen molar-refractivity contribution >= 4 is 23.1 Å². The number of urea groups is 1. The first kappa shape index (κ1) is 18.1. The summed E-state index contributed by atoms with van der Waals surface area (Å²) in [6.45, 7) is 0.257. The number of hydrogen-bond donors (Lipinski definition) is 1. The van der Waals surface area contributed by atoms with Gasteiger partial charge in [-0.15, -0.1) is 0 Å². The van der Waals surface area contributed by atoms with Gasteiger partial charge in [0.05, 0.1) is 17.2 Å². The molecule has 0 aliphatic heterocycles. The van der Waals surface area contributed by atoms with E-state index in [1.54, 1.807) is 24.3 Å². The molecule has 0 aliphatic carbocycles. The van der Waals surface area contributed by atoms with Crippen LogP contribution in [0.25, 0.3) is 0 Å². The van der Waals surface area contributed by atoms with Gasteiger partial charge in [-0.05, 0) is 23.8 Å². The zero-order chi connectivity index (χ0) is 19.2. The molecule has 0 spiro atoms. The molecule has 1 N–H and O–H groups in total. The number of carbonyl (C=O) groups is 1. The predicted molar refractivity (Wildman–Crippen MR) is 101 cm³/mol. The van der Waals surface area contributed by atoms with E-state index < -0.39 is 16.8 Å². The normalized spacial score (nSPS) is 10.3. The largest absolute Gasteiger partial charge is 0.326 e. The summed E-state index contributed by atoms with van der Waals surface area (Å²) >= 11 is 0. The van der Waals surface area contributed by atoms with Gasteiger partial charge in [-0.3, -0.25) is 15.0 Å². The SMILES string of the molecule is O=C(Nc1cc([N+](=O)[O-])ccc1F)N(Cc1ccccc1)c1ccccc1. The fraction of sp³-hybridized carbons (Fsp3) is 0.0500. The molecule has 6 nitrogen and oxygen atoms in total. The van der Waals surface area contributed by atoms with Crippen LogP contribution in [-0.2, 0) is 6.54 Å². The minimum Gasteiger partial charge on any atom is -0.305 e. The highest BCUT2D eigenvalue weighted by atomic mass is 19.1. The number of amides is 2. The van der Waals surface area contributed by atoms with Gasteiger partial charge in [-0.2, -0.15) is 0 Å². The number of carbonyl (C=O) groups excluding carboxylic acids is 1. The molecule has 0 saturated carbocycles. The number of hydrogen-bond acceptors (Lipinski definition) is 3. The van der Waals surface area contributed by atoms with Gasteiger partial charge < -0.3 is 5.32 Å². The van der Waals surface area contributed by atoms with Crippen LogP contribution in [0, 0.1) is 15.9 Å². The Balaban J connectivity index is 1.89. The predicted octanol–water partition coefficient (Wildman–Crippen LogP) is 4.97. The highest BCUT2D eigenvalue weighted by Crippen LogP contribution is 2.23. The molecule has 3 aromatic carbocycles. The van der Waals surface area contributed by atoms with Gasteiger partial charge in [0, 0.05) is 17.8 Å². The molecular weight excluding hydrogens is 349 g/mol. The first-order valence-electron chi connectivity index (χ1n) is 8.16. The van der Waals surface area contributed by atoms with E-state index in [2.05, 4.69) is 5.32 Å². The Morgan fingerprint density at radius 2 is 1.63 bits per heavy atom. The molecule has 3 rings (SSSR count). The van der Waals surface area contributed by atoms with Gasteiger partial charge in [0.15, 0.2) is 0 Å². The van der Waals surface area contributed by atoms with Crippen LogP contribution in [0.3, 0.4) is 0 Å². The van der Waals surface area contributed by atoms with Gasteiger partial charge in [0.1, 0.15) is 5.82 Å². The fourth-order valence-corrected chi connectivity index (χ4v) is 2.56. The standard InChI is InChI=1S/C20H16FN3O3/c21-18-12-11-17(24(26)27)13-19(18)22-20(25)23(16-9-5-2-6-10-16)14-15-7-3-1-4-8-15/h1-13H,14H2,(H,22,25). The van der Waals surface area contributed by atoms with E-state index in [0.717, 1.165) is 23.8 Å². The molecule has 136 valence electrons. The van der Waals surface area contributed by atoms with E-state index in [-0.39, 0.29) is 17.9 Å². The maximum Gasteiger partial charge on any atom is 0.326 e. The van der Waals surface area contributed by atoms with E-state index in [1.165, 1.54) is 4.90 Å². The number of halogens is 1. The van der Waals surface area contributed by atoms with Crippen molar-refractivity contribution in [2.45, 2.75) is 6.54 Å². The van der Waals surface area contributed by atoms with Gasteiger partial charge in [-0.1, -0.05) is 48.5 Å². The number of para-hydroxylation sites is 1. The smallest absolute Gasteiger partial charge is 0.305 e. The molecule has 0 bridgehead atoms.